The maximum atomic E-state index is 12.6. The predicted molar refractivity (Wildman–Crippen MR) is 70.6 cm³/mol. The van der Waals surface area contributed by atoms with Crippen LogP contribution in [0.25, 0.3) is 0 Å². The first kappa shape index (κ1) is 14.3. The molecule has 0 aliphatic carbocycles. The average Bonchev–Trinajstić information content (AvgIpc) is 3.05. The lowest BCUT2D eigenvalue weighted by Gasteiger charge is -2.29. The number of hydrogen-bond donors (Lipinski definition) is 1. The number of carbonyl (C=O) groups is 2. The van der Waals surface area contributed by atoms with Crippen LogP contribution < -0.4 is 5.32 Å². The van der Waals surface area contributed by atoms with E-state index in [1.165, 1.54) is 0 Å². The predicted octanol–water partition coefficient (Wildman–Crippen LogP) is -0.700. The minimum absolute atomic E-state index is 0.0192. The second kappa shape index (κ2) is 5.88. The first-order valence-electron chi connectivity index (χ1n) is 6.83. The Morgan fingerprint density at radius 2 is 2.05 bits per heavy atom. The van der Waals surface area contributed by atoms with Crippen LogP contribution in [0.4, 0.5) is 0 Å². The number of hydrogen-bond acceptors (Lipinski definition) is 4. The summed E-state index contributed by atoms with van der Waals surface area (Å²) >= 11 is 0. The highest BCUT2D eigenvalue weighted by atomic mass is 16.5. The summed E-state index contributed by atoms with van der Waals surface area (Å²) in [6, 6.07) is -0.233. The molecule has 0 aromatic heterocycles. The lowest BCUT2D eigenvalue weighted by Crippen LogP contribution is -2.50. The van der Waals surface area contributed by atoms with Crippen LogP contribution in [0.3, 0.4) is 0 Å². The molecule has 0 radical (unpaired) electrons. The van der Waals surface area contributed by atoms with Crippen LogP contribution in [0.1, 0.15) is 12.8 Å². The van der Waals surface area contributed by atoms with E-state index in [4.69, 9.17) is 4.74 Å². The van der Waals surface area contributed by atoms with Gasteiger partial charge in [0.2, 0.25) is 11.8 Å². The van der Waals surface area contributed by atoms with Crippen LogP contribution in [0, 0.1) is 5.92 Å². The van der Waals surface area contributed by atoms with Crippen molar-refractivity contribution >= 4 is 11.8 Å². The van der Waals surface area contributed by atoms with Gasteiger partial charge in [-0.1, -0.05) is 0 Å². The number of amides is 2. The van der Waals surface area contributed by atoms with Crippen molar-refractivity contribution in [1.82, 2.24) is 15.1 Å². The van der Waals surface area contributed by atoms with Gasteiger partial charge in [-0.05, 0) is 19.9 Å². The van der Waals surface area contributed by atoms with E-state index in [0.29, 0.717) is 19.8 Å². The molecular formula is C13H23N3O3. The van der Waals surface area contributed by atoms with Crippen LogP contribution in [-0.4, -0.2) is 74.6 Å². The van der Waals surface area contributed by atoms with E-state index in [1.807, 2.05) is 7.05 Å². The molecule has 19 heavy (non-hydrogen) atoms. The van der Waals surface area contributed by atoms with E-state index in [1.54, 1.807) is 23.9 Å². The molecule has 2 aliphatic rings. The summed E-state index contributed by atoms with van der Waals surface area (Å²) in [6.45, 7) is 1.69. The Hall–Kier alpha value is -1.14. The first-order chi connectivity index (χ1) is 9.06. The molecule has 2 heterocycles. The minimum Gasteiger partial charge on any atom is -0.379 e. The van der Waals surface area contributed by atoms with Crippen molar-refractivity contribution in [2.24, 2.45) is 5.92 Å². The molecule has 0 aromatic rings. The second-order valence-electron chi connectivity index (χ2n) is 5.46. The Morgan fingerprint density at radius 1 is 1.32 bits per heavy atom. The van der Waals surface area contributed by atoms with Gasteiger partial charge < -0.3 is 19.9 Å². The SMILES string of the molecule is CNC1COCC1C(=O)N1CCCC1C(=O)N(C)C. The third-order valence-corrected chi connectivity index (χ3v) is 4.03. The Kier molecular flexibility index (Phi) is 4.42. The first-order valence-corrected chi connectivity index (χ1v) is 6.83. The van der Waals surface area contributed by atoms with E-state index in [2.05, 4.69) is 5.32 Å². The number of ether oxygens (including phenoxy) is 1. The number of likely N-dealkylation sites (N-methyl/N-ethyl adjacent to an activating group) is 2. The number of nitrogens with zero attached hydrogens (tertiary/aromatic N) is 2. The summed E-state index contributed by atoms with van der Waals surface area (Å²) in [5.41, 5.74) is 0. The minimum atomic E-state index is -0.291. The number of carbonyl (C=O) groups excluding carboxylic acids is 2. The van der Waals surface area contributed by atoms with Gasteiger partial charge in [0.15, 0.2) is 0 Å². The van der Waals surface area contributed by atoms with Crippen molar-refractivity contribution in [3.05, 3.63) is 0 Å². The van der Waals surface area contributed by atoms with Gasteiger partial charge in [0.1, 0.15) is 6.04 Å². The zero-order chi connectivity index (χ0) is 14.0. The summed E-state index contributed by atoms with van der Waals surface area (Å²) in [6.07, 6.45) is 1.66. The van der Waals surface area contributed by atoms with E-state index in [-0.39, 0.29) is 29.8 Å². The third kappa shape index (κ3) is 2.74. The quantitative estimate of drug-likeness (QED) is 0.736. The number of nitrogens with one attached hydrogen (secondary N) is 1. The molecule has 0 aromatic carbocycles. The van der Waals surface area contributed by atoms with Crippen molar-refractivity contribution in [2.75, 3.05) is 40.9 Å². The van der Waals surface area contributed by atoms with Gasteiger partial charge >= 0.3 is 0 Å². The molecule has 2 amide bonds. The average molecular weight is 269 g/mol. The zero-order valence-corrected chi connectivity index (χ0v) is 11.9. The molecule has 0 bridgehead atoms. The molecule has 2 fully saturated rings. The van der Waals surface area contributed by atoms with Gasteiger partial charge in [-0.25, -0.2) is 0 Å². The molecule has 3 atom stereocenters. The van der Waals surface area contributed by atoms with Crippen molar-refractivity contribution in [3.8, 4) is 0 Å². The van der Waals surface area contributed by atoms with Crippen molar-refractivity contribution in [1.29, 1.82) is 0 Å². The fourth-order valence-corrected chi connectivity index (χ4v) is 2.88. The molecule has 1 N–H and O–H groups in total. The molecule has 2 aliphatic heterocycles. The molecule has 0 spiro atoms. The van der Waals surface area contributed by atoms with Crippen LogP contribution in [-0.2, 0) is 14.3 Å². The summed E-state index contributed by atoms with van der Waals surface area (Å²) in [7, 11) is 5.31. The fraction of sp³-hybridized carbons (Fsp3) is 0.846. The van der Waals surface area contributed by atoms with Crippen molar-refractivity contribution in [3.63, 3.8) is 0 Å². The smallest absolute Gasteiger partial charge is 0.244 e. The van der Waals surface area contributed by atoms with Gasteiger partial charge in [-0.15, -0.1) is 0 Å². The second-order valence-corrected chi connectivity index (χ2v) is 5.46. The number of likely N-dealkylation sites (tertiary alicyclic amines) is 1. The van der Waals surface area contributed by atoms with E-state index in [0.717, 1.165) is 12.8 Å². The lowest BCUT2D eigenvalue weighted by molar-refractivity contribution is -0.145. The van der Waals surface area contributed by atoms with Gasteiger partial charge in [0.25, 0.3) is 0 Å². The highest BCUT2D eigenvalue weighted by Gasteiger charge is 2.41. The number of rotatable bonds is 3. The van der Waals surface area contributed by atoms with Crippen molar-refractivity contribution < 1.29 is 14.3 Å². The van der Waals surface area contributed by atoms with Crippen LogP contribution >= 0.6 is 0 Å². The fourth-order valence-electron chi connectivity index (χ4n) is 2.88. The summed E-state index contributed by atoms with van der Waals surface area (Å²) < 4.78 is 5.38. The van der Waals surface area contributed by atoms with Crippen LogP contribution in [0.15, 0.2) is 0 Å². The van der Waals surface area contributed by atoms with E-state index < -0.39 is 0 Å². The maximum Gasteiger partial charge on any atom is 0.244 e. The van der Waals surface area contributed by atoms with Gasteiger partial charge in [-0.2, -0.15) is 0 Å². The lowest BCUT2D eigenvalue weighted by atomic mass is 10.0. The Balaban J connectivity index is 2.07. The van der Waals surface area contributed by atoms with Crippen molar-refractivity contribution in [2.45, 2.75) is 24.9 Å². The molecule has 108 valence electrons. The summed E-state index contributed by atoms with van der Waals surface area (Å²) in [4.78, 5) is 28.0. The standard InChI is InChI=1S/C13H23N3O3/c1-14-10-8-19-7-9(10)12(17)16-6-4-5-11(16)13(18)15(2)3/h9-11,14H,4-8H2,1-3H3. The molecular weight excluding hydrogens is 246 g/mol. The molecule has 2 saturated heterocycles. The van der Waals surface area contributed by atoms with E-state index in [9.17, 15) is 9.59 Å². The van der Waals surface area contributed by atoms with Gasteiger partial charge in [-0.3, -0.25) is 9.59 Å². The normalized spacial score (nSPS) is 30.7. The molecule has 0 saturated carbocycles. The topological polar surface area (TPSA) is 61.9 Å². The highest BCUT2D eigenvalue weighted by molar-refractivity contribution is 5.89. The monoisotopic (exact) mass is 269 g/mol. The Bertz CT molecular complexity index is 359. The summed E-state index contributed by atoms with van der Waals surface area (Å²) in [5.74, 6) is -0.0964. The molecule has 2 rings (SSSR count). The molecule has 6 heteroatoms. The van der Waals surface area contributed by atoms with Gasteiger partial charge in [0.05, 0.1) is 19.1 Å². The highest BCUT2D eigenvalue weighted by Crippen LogP contribution is 2.24. The summed E-state index contributed by atoms with van der Waals surface area (Å²) in [5, 5.41) is 3.12. The largest absolute Gasteiger partial charge is 0.379 e. The third-order valence-electron chi connectivity index (χ3n) is 4.03. The molecule has 3 unspecified atom stereocenters. The zero-order valence-electron chi connectivity index (χ0n) is 11.9. The van der Waals surface area contributed by atoms with Gasteiger partial charge in [0, 0.05) is 26.7 Å². The Morgan fingerprint density at radius 3 is 2.68 bits per heavy atom. The van der Waals surface area contributed by atoms with Crippen LogP contribution in [0.2, 0.25) is 0 Å². The maximum absolute atomic E-state index is 12.6. The van der Waals surface area contributed by atoms with Crippen LogP contribution in [0.5, 0.6) is 0 Å². The van der Waals surface area contributed by atoms with E-state index >= 15 is 0 Å². The molecule has 6 nitrogen and oxygen atoms in total. The Labute approximate surface area is 114 Å².